The average molecular weight is 139 g/mol. The van der Waals surface area contributed by atoms with Crippen LogP contribution in [0.4, 0.5) is 0 Å². The molecule has 0 aromatic heterocycles. The number of hydrogen-bond donors (Lipinski definition) is 1. The minimum atomic E-state index is 1.61. The molecule has 0 fully saturated rings. The number of hydrogen-bond acceptors (Lipinski definition) is 1. The smallest absolute Gasteiger partial charge is 0.0128 e. The van der Waals surface area contributed by atoms with E-state index < -0.39 is 0 Å². The Bertz CT molecular complexity index is 21.2. The van der Waals surface area contributed by atoms with Crippen LogP contribution in [-0.4, -0.2) is 0 Å². The molecule has 0 atom stereocenters. The molecule has 0 unspecified atom stereocenters. The molecular weight excluding hydrogens is 136 g/mol. The van der Waals surface area contributed by atoms with E-state index in [9.17, 15) is 0 Å². The normalized spacial score (nSPS) is 9.50. The van der Waals surface area contributed by atoms with Crippen LogP contribution in [0.1, 0.15) is 0 Å². The summed E-state index contributed by atoms with van der Waals surface area (Å²) in [7, 11) is 0. The van der Waals surface area contributed by atoms with Gasteiger partial charge in [0.15, 0.2) is 0 Å². The zero-order chi connectivity index (χ0) is 3.41. The van der Waals surface area contributed by atoms with Crippen LogP contribution in [0.3, 0.4) is 0 Å². The van der Waals surface area contributed by atoms with E-state index >= 15 is 0 Å². The molecule has 0 N–H and O–H groups in total. The molecule has 0 heterocycles. The van der Waals surface area contributed by atoms with E-state index in [2.05, 4.69) is 28.6 Å². The van der Waals surface area contributed by atoms with Crippen molar-refractivity contribution >= 4 is 28.6 Å². The molecular formula is C2H3BrS. The van der Waals surface area contributed by atoms with Gasteiger partial charge in [0.05, 0.1) is 0 Å². The summed E-state index contributed by atoms with van der Waals surface area (Å²) >= 11 is 6.68. The second-order valence-electron chi connectivity index (χ2n) is 0.275. The Kier molecular flexibility index (Phi) is 4.08. The van der Waals surface area contributed by atoms with Crippen LogP contribution in [0, 0.1) is 0 Å². The molecule has 0 aliphatic rings. The Morgan fingerprint density at radius 2 is 2.00 bits per heavy atom. The van der Waals surface area contributed by atoms with Crippen molar-refractivity contribution in [1.29, 1.82) is 0 Å². The monoisotopic (exact) mass is 138 g/mol. The second-order valence-corrected chi connectivity index (χ2v) is 1.10. The summed E-state index contributed by atoms with van der Waals surface area (Å²) < 4.78 is 0. The minimum absolute atomic E-state index is 1.61. The summed E-state index contributed by atoms with van der Waals surface area (Å²) in [5.74, 6) is 0. The van der Waals surface area contributed by atoms with Gasteiger partial charge in [0.2, 0.25) is 0 Å². The van der Waals surface area contributed by atoms with Crippen molar-refractivity contribution in [3.63, 3.8) is 0 Å². The first-order valence-corrected chi connectivity index (χ1v) is 2.24. The summed E-state index contributed by atoms with van der Waals surface area (Å²) in [6.45, 7) is 0. The lowest BCUT2D eigenvalue weighted by molar-refractivity contribution is 2.63. The van der Waals surface area contributed by atoms with Crippen molar-refractivity contribution in [2.24, 2.45) is 0 Å². The van der Waals surface area contributed by atoms with Gasteiger partial charge in [0, 0.05) is 0 Å². The SMILES string of the molecule is S/C=C/Br. The quantitative estimate of drug-likeness (QED) is 0.486. The molecule has 0 spiro atoms. The molecule has 0 bridgehead atoms. The maximum atomic E-state index is 3.69. The van der Waals surface area contributed by atoms with Crippen LogP contribution >= 0.6 is 28.6 Å². The number of rotatable bonds is 0. The Morgan fingerprint density at radius 3 is 2.00 bits per heavy atom. The fourth-order valence-corrected chi connectivity index (χ4v) is 0. The molecule has 0 rings (SSSR count). The molecule has 0 amide bonds. The zero-order valence-corrected chi connectivity index (χ0v) is 4.46. The summed E-state index contributed by atoms with van der Waals surface area (Å²) in [5, 5.41) is 1.61. The highest BCUT2D eigenvalue weighted by Gasteiger charge is 1.37. The van der Waals surface area contributed by atoms with E-state index in [1.807, 2.05) is 0 Å². The van der Waals surface area contributed by atoms with Gasteiger partial charge in [-0.25, -0.2) is 0 Å². The Balaban J connectivity index is 2.55. The molecule has 2 heteroatoms. The van der Waals surface area contributed by atoms with Gasteiger partial charge in [-0.1, -0.05) is 15.9 Å². The summed E-state index contributed by atoms with van der Waals surface area (Å²) in [4.78, 5) is 1.68. The van der Waals surface area contributed by atoms with E-state index in [-0.39, 0.29) is 0 Å². The first kappa shape index (κ1) is 4.57. The van der Waals surface area contributed by atoms with Gasteiger partial charge in [-0.05, 0) is 10.4 Å². The van der Waals surface area contributed by atoms with Crippen LogP contribution in [-0.2, 0) is 0 Å². The summed E-state index contributed by atoms with van der Waals surface area (Å²) in [6.07, 6.45) is 0. The van der Waals surface area contributed by atoms with Crippen molar-refractivity contribution in [3.05, 3.63) is 10.4 Å². The first-order valence-electron chi connectivity index (χ1n) is 0.810. The van der Waals surface area contributed by atoms with Gasteiger partial charge in [0.25, 0.3) is 0 Å². The van der Waals surface area contributed by atoms with E-state index in [0.29, 0.717) is 0 Å². The molecule has 0 aromatic carbocycles. The lowest BCUT2D eigenvalue weighted by Crippen LogP contribution is -1.10. The van der Waals surface area contributed by atoms with Crippen molar-refractivity contribution in [2.45, 2.75) is 0 Å². The predicted molar refractivity (Wildman–Crippen MR) is 27.1 cm³/mol. The van der Waals surface area contributed by atoms with Crippen molar-refractivity contribution in [3.8, 4) is 0 Å². The van der Waals surface area contributed by atoms with Gasteiger partial charge in [0.1, 0.15) is 0 Å². The van der Waals surface area contributed by atoms with E-state index in [0.717, 1.165) is 0 Å². The second kappa shape index (κ2) is 3.57. The van der Waals surface area contributed by atoms with Gasteiger partial charge in [-0.15, -0.1) is 0 Å². The molecule has 0 nitrogen and oxygen atoms in total. The molecule has 0 aliphatic heterocycles. The van der Waals surface area contributed by atoms with E-state index in [4.69, 9.17) is 0 Å². The molecule has 24 valence electrons. The third-order valence-electron chi connectivity index (χ3n) is 0.0563. The lowest BCUT2D eigenvalue weighted by Gasteiger charge is -1.46. The van der Waals surface area contributed by atoms with Crippen LogP contribution in [0.25, 0.3) is 0 Å². The molecule has 0 aliphatic carbocycles. The molecule has 0 aromatic rings. The van der Waals surface area contributed by atoms with Crippen molar-refractivity contribution in [1.82, 2.24) is 0 Å². The zero-order valence-electron chi connectivity index (χ0n) is 1.98. The Hall–Kier alpha value is 0.570. The van der Waals surface area contributed by atoms with Crippen molar-refractivity contribution in [2.75, 3.05) is 0 Å². The topological polar surface area (TPSA) is 0 Å². The van der Waals surface area contributed by atoms with E-state index in [1.54, 1.807) is 10.4 Å². The maximum Gasteiger partial charge on any atom is -0.0128 e. The minimum Gasteiger partial charge on any atom is -0.151 e. The Labute approximate surface area is 39.4 Å². The van der Waals surface area contributed by atoms with Crippen LogP contribution in [0.15, 0.2) is 10.4 Å². The van der Waals surface area contributed by atoms with Gasteiger partial charge >= 0.3 is 0 Å². The highest BCUT2D eigenvalue weighted by Crippen LogP contribution is 1.81. The summed E-state index contributed by atoms with van der Waals surface area (Å²) in [5.41, 5.74) is 0. The number of thiol groups is 1. The third-order valence-corrected chi connectivity index (χ3v) is 0.878. The average Bonchev–Trinajstić information content (AvgIpc) is 1.37. The predicted octanol–water partition coefficient (Wildman–Crippen LogP) is 1.78. The molecule has 0 radical (unpaired) electrons. The fourth-order valence-electron chi connectivity index (χ4n) is 0. The number of halogens is 1. The maximum absolute atomic E-state index is 3.69. The van der Waals surface area contributed by atoms with Crippen LogP contribution in [0.5, 0.6) is 0 Å². The highest BCUT2D eigenvalue weighted by molar-refractivity contribution is 9.11. The molecule has 4 heavy (non-hydrogen) atoms. The molecule has 0 saturated carbocycles. The van der Waals surface area contributed by atoms with Crippen molar-refractivity contribution < 1.29 is 0 Å². The van der Waals surface area contributed by atoms with Crippen LogP contribution < -0.4 is 0 Å². The first-order chi connectivity index (χ1) is 1.91. The van der Waals surface area contributed by atoms with Crippen LogP contribution in [0.2, 0.25) is 0 Å². The van der Waals surface area contributed by atoms with Gasteiger partial charge in [-0.3, -0.25) is 0 Å². The third kappa shape index (κ3) is 2.57. The molecule has 0 saturated heterocycles. The largest absolute Gasteiger partial charge is 0.151 e. The highest BCUT2D eigenvalue weighted by atomic mass is 79.9. The Morgan fingerprint density at radius 1 is 1.75 bits per heavy atom. The standard InChI is InChI=1S/C2H3BrS/c3-1-2-4/h1-2,4H/b2-1+. The van der Waals surface area contributed by atoms with Gasteiger partial charge < -0.3 is 0 Å². The fraction of sp³-hybridized carbons (Fsp3) is 0. The lowest BCUT2D eigenvalue weighted by atomic mass is 11.3. The van der Waals surface area contributed by atoms with E-state index in [1.165, 1.54) is 0 Å². The summed E-state index contributed by atoms with van der Waals surface area (Å²) in [6, 6.07) is 0. The van der Waals surface area contributed by atoms with Gasteiger partial charge in [-0.2, -0.15) is 12.6 Å².